The van der Waals surface area contributed by atoms with Crippen molar-refractivity contribution in [3.8, 4) is 11.3 Å². The van der Waals surface area contributed by atoms with Crippen LogP contribution in [-0.4, -0.2) is 23.8 Å². The van der Waals surface area contributed by atoms with Gasteiger partial charge in [0.2, 0.25) is 5.91 Å². The third-order valence-corrected chi connectivity index (χ3v) is 4.33. The Balaban J connectivity index is 1.96. The minimum atomic E-state index is -0.321. The van der Waals surface area contributed by atoms with Gasteiger partial charge in [-0.15, -0.1) is 0 Å². The lowest BCUT2D eigenvalue weighted by Crippen LogP contribution is -2.30. The summed E-state index contributed by atoms with van der Waals surface area (Å²) in [5, 5.41) is 2.80. The Morgan fingerprint density at radius 3 is 2.56 bits per heavy atom. The van der Waals surface area contributed by atoms with Gasteiger partial charge in [-0.25, -0.2) is 4.98 Å². The topological polar surface area (TPSA) is 75.4 Å². The number of benzene rings is 1. The lowest BCUT2D eigenvalue weighted by Gasteiger charge is -2.19. The molecule has 1 N–H and O–H groups in total. The number of hydrogen-bond donors (Lipinski definition) is 1. The van der Waals surface area contributed by atoms with Crippen LogP contribution >= 0.6 is 0 Å². The minimum absolute atomic E-state index is 0.204. The SMILES string of the molecule is CC(=O)N(C)c1nc(-c2ccccc2C)ccc1C(=O)NCc1ccco1. The second kappa shape index (κ2) is 7.86. The molecule has 138 valence electrons. The molecule has 3 rings (SSSR count). The van der Waals surface area contributed by atoms with Crippen LogP contribution in [0.25, 0.3) is 11.3 Å². The van der Waals surface area contributed by atoms with Crippen LogP contribution < -0.4 is 10.2 Å². The van der Waals surface area contributed by atoms with Crippen LogP contribution in [0.5, 0.6) is 0 Å². The number of amides is 2. The van der Waals surface area contributed by atoms with Crippen molar-refractivity contribution in [3.63, 3.8) is 0 Å². The number of rotatable bonds is 5. The van der Waals surface area contributed by atoms with Gasteiger partial charge in [0, 0.05) is 19.5 Å². The number of nitrogens with one attached hydrogen (secondary N) is 1. The lowest BCUT2D eigenvalue weighted by atomic mass is 10.0. The maximum atomic E-state index is 12.7. The Morgan fingerprint density at radius 2 is 1.89 bits per heavy atom. The van der Waals surface area contributed by atoms with Gasteiger partial charge in [0.15, 0.2) is 0 Å². The Hall–Kier alpha value is -3.41. The molecule has 0 saturated heterocycles. The highest BCUT2D eigenvalue weighted by atomic mass is 16.3. The first-order valence-corrected chi connectivity index (χ1v) is 8.59. The zero-order valence-electron chi connectivity index (χ0n) is 15.5. The number of carbonyl (C=O) groups is 2. The molecule has 0 fully saturated rings. The van der Waals surface area contributed by atoms with Gasteiger partial charge in [-0.2, -0.15) is 0 Å². The molecule has 1 aromatic carbocycles. The van der Waals surface area contributed by atoms with Gasteiger partial charge >= 0.3 is 0 Å². The molecule has 0 aliphatic heterocycles. The van der Waals surface area contributed by atoms with E-state index in [2.05, 4.69) is 10.3 Å². The number of aromatic nitrogens is 1. The summed E-state index contributed by atoms with van der Waals surface area (Å²) in [6.45, 7) is 3.69. The van der Waals surface area contributed by atoms with Crippen molar-refractivity contribution in [2.75, 3.05) is 11.9 Å². The van der Waals surface area contributed by atoms with E-state index in [1.54, 1.807) is 37.6 Å². The van der Waals surface area contributed by atoms with E-state index in [9.17, 15) is 9.59 Å². The maximum absolute atomic E-state index is 12.7. The highest BCUT2D eigenvalue weighted by molar-refractivity contribution is 6.03. The number of nitrogens with zero attached hydrogens (tertiary/aromatic N) is 2. The molecule has 0 saturated carbocycles. The number of hydrogen-bond acceptors (Lipinski definition) is 4. The summed E-state index contributed by atoms with van der Waals surface area (Å²) in [6, 6.07) is 14.9. The number of anilines is 1. The van der Waals surface area contributed by atoms with Gasteiger partial charge in [-0.1, -0.05) is 24.3 Å². The smallest absolute Gasteiger partial charge is 0.255 e. The van der Waals surface area contributed by atoms with E-state index in [0.717, 1.165) is 11.1 Å². The molecular weight excluding hydrogens is 342 g/mol. The Bertz CT molecular complexity index is 965. The number of furan rings is 1. The van der Waals surface area contributed by atoms with Crippen LogP contribution in [0.2, 0.25) is 0 Å². The largest absolute Gasteiger partial charge is 0.467 e. The van der Waals surface area contributed by atoms with Crippen molar-refractivity contribution in [1.82, 2.24) is 10.3 Å². The fourth-order valence-electron chi connectivity index (χ4n) is 2.72. The highest BCUT2D eigenvalue weighted by Gasteiger charge is 2.20. The lowest BCUT2D eigenvalue weighted by molar-refractivity contribution is -0.116. The molecule has 27 heavy (non-hydrogen) atoms. The van der Waals surface area contributed by atoms with E-state index in [1.807, 2.05) is 31.2 Å². The minimum Gasteiger partial charge on any atom is -0.467 e. The Kier molecular flexibility index (Phi) is 5.35. The quantitative estimate of drug-likeness (QED) is 0.752. The first-order chi connectivity index (χ1) is 13.0. The zero-order valence-corrected chi connectivity index (χ0v) is 15.5. The number of carbonyl (C=O) groups excluding carboxylic acids is 2. The zero-order chi connectivity index (χ0) is 19.4. The van der Waals surface area contributed by atoms with Crippen molar-refractivity contribution >= 4 is 17.6 Å². The average Bonchev–Trinajstić information content (AvgIpc) is 3.19. The van der Waals surface area contributed by atoms with Crippen molar-refractivity contribution in [2.45, 2.75) is 20.4 Å². The summed E-state index contributed by atoms with van der Waals surface area (Å²) in [5.74, 6) is 0.442. The maximum Gasteiger partial charge on any atom is 0.255 e. The molecule has 2 heterocycles. The van der Waals surface area contributed by atoms with Crippen LogP contribution in [0.4, 0.5) is 5.82 Å². The van der Waals surface area contributed by atoms with E-state index < -0.39 is 0 Å². The third-order valence-electron chi connectivity index (χ3n) is 4.33. The van der Waals surface area contributed by atoms with Crippen LogP contribution in [0.1, 0.15) is 28.6 Å². The first-order valence-electron chi connectivity index (χ1n) is 8.59. The van der Waals surface area contributed by atoms with E-state index in [1.165, 1.54) is 11.8 Å². The number of aryl methyl sites for hydroxylation is 1. The van der Waals surface area contributed by atoms with E-state index >= 15 is 0 Å². The summed E-state index contributed by atoms with van der Waals surface area (Å²) < 4.78 is 5.23. The molecule has 0 aliphatic carbocycles. The molecule has 0 bridgehead atoms. The van der Waals surface area contributed by atoms with Gasteiger partial charge in [-0.05, 0) is 36.8 Å². The number of pyridine rings is 1. The Labute approximate surface area is 157 Å². The molecule has 2 aromatic heterocycles. The molecule has 0 atom stereocenters. The van der Waals surface area contributed by atoms with Crippen LogP contribution in [-0.2, 0) is 11.3 Å². The van der Waals surface area contributed by atoms with Crippen LogP contribution in [0.15, 0.2) is 59.2 Å². The van der Waals surface area contributed by atoms with E-state index in [0.29, 0.717) is 22.8 Å². The van der Waals surface area contributed by atoms with Gasteiger partial charge in [0.05, 0.1) is 24.1 Å². The standard InChI is InChI=1S/C21H21N3O3/c1-14-7-4-5-9-17(14)19-11-10-18(20(23-19)24(3)15(2)25)21(26)22-13-16-8-6-12-27-16/h4-12H,13H2,1-3H3,(H,22,26). The molecule has 0 radical (unpaired) electrons. The fraction of sp³-hybridized carbons (Fsp3) is 0.190. The second-order valence-electron chi connectivity index (χ2n) is 6.22. The summed E-state index contributed by atoms with van der Waals surface area (Å²) in [5.41, 5.74) is 3.06. The molecule has 0 aliphatic rings. The van der Waals surface area contributed by atoms with Crippen molar-refractivity contribution in [1.29, 1.82) is 0 Å². The van der Waals surface area contributed by atoms with Crippen molar-refractivity contribution < 1.29 is 14.0 Å². The van der Waals surface area contributed by atoms with Crippen molar-refractivity contribution in [3.05, 3.63) is 71.7 Å². The normalized spacial score (nSPS) is 10.5. The predicted octanol–water partition coefficient (Wildman–Crippen LogP) is 3.56. The molecule has 0 unspecified atom stereocenters. The molecule has 0 spiro atoms. The molecule has 2 amide bonds. The van der Waals surface area contributed by atoms with Crippen LogP contribution in [0.3, 0.4) is 0 Å². The van der Waals surface area contributed by atoms with E-state index in [4.69, 9.17) is 4.42 Å². The molecule has 6 heteroatoms. The Morgan fingerprint density at radius 1 is 1.11 bits per heavy atom. The molecule has 3 aromatic rings. The van der Waals surface area contributed by atoms with E-state index in [-0.39, 0.29) is 18.4 Å². The second-order valence-corrected chi connectivity index (χ2v) is 6.22. The highest BCUT2D eigenvalue weighted by Crippen LogP contribution is 2.26. The van der Waals surface area contributed by atoms with Crippen molar-refractivity contribution in [2.24, 2.45) is 0 Å². The first kappa shape index (κ1) is 18.4. The fourth-order valence-corrected chi connectivity index (χ4v) is 2.72. The third kappa shape index (κ3) is 4.06. The molecule has 6 nitrogen and oxygen atoms in total. The summed E-state index contributed by atoms with van der Waals surface area (Å²) >= 11 is 0. The van der Waals surface area contributed by atoms with Gasteiger partial charge in [0.1, 0.15) is 11.6 Å². The van der Waals surface area contributed by atoms with Crippen LogP contribution in [0, 0.1) is 6.92 Å². The predicted molar refractivity (Wildman–Crippen MR) is 103 cm³/mol. The summed E-state index contributed by atoms with van der Waals surface area (Å²) in [4.78, 5) is 30.6. The van der Waals surface area contributed by atoms with Gasteiger partial charge < -0.3 is 9.73 Å². The summed E-state index contributed by atoms with van der Waals surface area (Å²) in [6.07, 6.45) is 1.55. The van der Waals surface area contributed by atoms with Gasteiger partial charge in [-0.3, -0.25) is 14.5 Å². The monoisotopic (exact) mass is 363 g/mol. The summed E-state index contributed by atoms with van der Waals surface area (Å²) in [7, 11) is 1.61. The van der Waals surface area contributed by atoms with Gasteiger partial charge in [0.25, 0.3) is 5.91 Å². The molecular formula is C21H21N3O3. The average molecular weight is 363 g/mol.